The predicted octanol–water partition coefficient (Wildman–Crippen LogP) is 2.69. The summed E-state index contributed by atoms with van der Waals surface area (Å²) in [5.74, 6) is 0.392. The number of ether oxygens (including phenoxy) is 1. The molecule has 2 aromatic heterocycles. The third-order valence-electron chi connectivity index (χ3n) is 2.18. The lowest BCUT2D eigenvalue weighted by Gasteiger charge is -2.09. The van der Waals surface area contributed by atoms with E-state index in [1.807, 2.05) is 20.8 Å². The van der Waals surface area contributed by atoms with Gasteiger partial charge in [-0.05, 0) is 32.4 Å². The van der Waals surface area contributed by atoms with Crippen LogP contribution in [0.3, 0.4) is 0 Å². The lowest BCUT2D eigenvalue weighted by Crippen LogP contribution is -2.11. The second-order valence-corrected chi connectivity index (χ2v) is 5.37. The number of nitrogens with one attached hydrogen (secondary N) is 1. The van der Waals surface area contributed by atoms with Crippen molar-refractivity contribution in [3.8, 4) is 6.01 Å². The Hall–Kier alpha value is -1.47. The molecule has 0 spiro atoms. The Kier molecular flexibility index (Phi) is 4.49. The highest BCUT2D eigenvalue weighted by molar-refractivity contribution is 7.09. The van der Waals surface area contributed by atoms with Crippen LogP contribution in [0.25, 0.3) is 0 Å². The fourth-order valence-corrected chi connectivity index (χ4v) is 2.20. The van der Waals surface area contributed by atoms with E-state index in [0.717, 1.165) is 10.6 Å². The molecule has 0 aromatic carbocycles. The first-order chi connectivity index (χ1) is 9.04. The number of aryl methyl sites for hydroxylation is 1. The average molecular weight is 300 g/mol. The van der Waals surface area contributed by atoms with Crippen molar-refractivity contribution in [2.45, 2.75) is 33.4 Å². The maximum Gasteiger partial charge on any atom is 0.322 e. The molecular formula is C11H14ClN5OS. The largest absolute Gasteiger partial charge is 0.461 e. The van der Waals surface area contributed by atoms with Crippen molar-refractivity contribution in [3.05, 3.63) is 21.4 Å². The summed E-state index contributed by atoms with van der Waals surface area (Å²) in [7, 11) is 0. The molecule has 0 saturated carbocycles. The fourth-order valence-electron chi connectivity index (χ4n) is 1.33. The molecule has 0 bridgehead atoms. The second kappa shape index (κ2) is 6.12. The molecule has 102 valence electrons. The van der Waals surface area contributed by atoms with Gasteiger partial charge in [0.1, 0.15) is 0 Å². The van der Waals surface area contributed by atoms with E-state index in [4.69, 9.17) is 16.3 Å². The van der Waals surface area contributed by atoms with E-state index in [2.05, 4.69) is 25.3 Å². The number of nitrogens with zero attached hydrogens (tertiary/aromatic N) is 4. The van der Waals surface area contributed by atoms with Crippen LogP contribution in [-0.4, -0.2) is 26.0 Å². The van der Waals surface area contributed by atoms with Crippen LogP contribution in [-0.2, 0) is 6.54 Å². The Morgan fingerprint density at radius 3 is 2.79 bits per heavy atom. The van der Waals surface area contributed by atoms with Gasteiger partial charge in [-0.3, -0.25) is 0 Å². The van der Waals surface area contributed by atoms with E-state index in [1.165, 1.54) is 0 Å². The van der Waals surface area contributed by atoms with Crippen LogP contribution in [0.2, 0.25) is 5.28 Å². The quantitative estimate of drug-likeness (QED) is 0.915. The van der Waals surface area contributed by atoms with E-state index in [-0.39, 0.29) is 17.4 Å². The predicted molar refractivity (Wildman–Crippen MR) is 74.8 cm³/mol. The van der Waals surface area contributed by atoms with Gasteiger partial charge < -0.3 is 10.1 Å². The van der Waals surface area contributed by atoms with Crippen LogP contribution >= 0.6 is 22.9 Å². The molecule has 1 N–H and O–H groups in total. The maximum atomic E-state index is 5.83. The van der Waals surface area contributed by atoms with Crippen LogP contribution in [0.15, 0.2) is 5.51 Å². The minimum absolute atomic E-state index is 0.0185. The van der Waals surface area contributed by atoms with E-state index in [1.54, 1.807) is 16.8 Å². The lowest BCUT2D eigenvalue weighted by molar-refractivity contribution is 0.222. The molecule has 0 saturated heterocycles. The van der Waals surface area contributed by atoms with Crippen LogP contribution in [0.4, 0.5) is 5.95 Å². The van der Waals surface area contributed by atoms with Gasteiger partial charge in [0.05, 0.1) is 23.9 Å². The van der Waals surface area contributed by atoms with Crippen molar-refractivity contribution >= 4 is 28.9 Å². The summed E-state index contributed by atoms with van der Waals surface area (Å²) in [4.78, 5) is 17.4. The van der Waals surface area contributed by atoms with Crippen molar-refractivity contribution < 1.29 is 4.74 Å². The molecule has 0 amide bonds. The summed E-state index contributed by atoms with van der Waals surface area (Å²) in [6.07, 6.45) is -0.0185. The molecule has 0 unspecified atom stereocenters. The van der Waals surface area contributed by atoms with Crippen LogP contribution in [0, 0.1) is 6.92 Å². The number of halogens is 1. The molecule has 0 radical (unpaired) electrons. The Bertz CT molecular complexity index is 560. The molecule has 0 fully saturated rings. The normalized spacial score (nSPS) is 10.8. The number of hydrogen-bond donors (Lipinski definition) is 1. The zero-order valence-corrected chi connectivity index (χ0v) is 12.4. The van der Waals surface area contributed by atoms with Gasteiger partial charge in [0.15, 0.2) is 0 Å². The standard InChI is InChI=1S/C11H14ClN5OS/c1-6(2)18-11-16-9(12)15-10(17-11)13-4-8-7(3)14-5-19-8/h5-6H,4H2,1-3H3,(H,13,15,16,17). The van der Waals surface area contributed by atoms with Gasteiger partial charge in [-0.1, -0.05) is 0 Å². The first-order valence-electron chi connectivity index (χ1n) is 5.75. The molecule has 0 aliphatic rings. The summed E-state index contributed by atoms with van der Waals surface area (Å²) in [5, 5.41) is 3.19. The highest BCUT2D eigenvalue weighted by atomic mass is 35.5. The third-order valence-corrected chi connectivity index (χ3v) is 3.28. The highest BCUT2D eigenvalue weighted by Gasteiger charge is 2.08. The Balaban J connectivity index is 2.07. The lowest BCUT2D eigenvalue weighted by atomic mass is 10.4. The van der Waals surface area contributed by atoms with Crippen molar-refractivity contribution in [1.29, 1.82) is 0 Å². The first-order valence-corrected chi connectivity index (χ1v) is 7.01. The van der Waals surface area contributed by atoms with Gasteiger partial charge in [-0.2, -0.15) is 15.0 Å². The van der Waals surface area contributed by atoms with Gasteiger partial charge in [0.2, 0.25) is 11.2 Å². The van der Waals surface area contributed by atoms with Crippen molar-refractivity contribution in [2.24, 2.45) is 0 Å². The number of anilines is 1. The molecule has 2 aromatic rings. The minimum atomic E-state index is -0.0185. The summed E-state index contributed by atoms with van der Waals surface area (Å²) in [5.41, 5.74) is 2.80. The number of rotatable bonds is 5. The molecule has 8 heteroatoms. The van der Waals surface area contributed by atoms with Crippen LogP contribution < -0.4 is 10.1 Å². The zero-order chi connectivity index (χ0) is 13.8. The van der Waals surface area contributed by atoms with Gasteiger partial charge >= 0.3 is 6.01 Å². The van der Waals surface area contributed by atoms with E-state index >= 15 is 0 Å². The maximum absolute atomic E-state index is 5.83. The van der Waals surface area contributed by atoms with Gasteiger partial charge in [-0.15, -0.1) is 11.3 Å². The average Bonchev–Trinajstić information content (AvgIpc) is 2.70. The molecule has 6 nitrogen and oxygen atoms in total. The monoisotopic (exact) mass is 299 g/mol. The molecule has 2 rings (SSSR count). The summed E-state index contributed by atoms with van der Waals surface area (Å²) in [6.45, 7) is 6.34. The minimum Gasteiger partial charge on any atom is -0.461 e. The Morgan fingerprint density at radius 1 is 1.37 bits per heavy atom. The number of hydrogen-bond acceptors (Lipinski definition) is 7. The SMILES string of the molecule is Cc1ncsc1CNc1nc(Cl)nc(OC(C)C)n1. The molecule has 0 atom stereocenters. The van der Waals surface area contributed by atoms with Crippen molar-refractivity contribution in [2.75, 3.05) is 5.32 Å². The van der Waals surface area contributed by atoms with Gasteiger partial charge in [-0.25, -0.2) is 4.98 Å². The zero-order valence-electron chi connectivity index (χ0n) is 10.8. The van der Waals surface area contributed by atoms with Crippen LogP contribution in [0.1, 0.15) is 24.4 Å². The smallest absolute Gasteiger partial charge is 0.322 e. The molecule has 0 aliphatic carbocycles. The third kappa shape index (κ3) is 4.00. The number of aromatic nitrogens is 4. The van der Waals surface area contributed by atoms with Crippen molar-refractivity contribution in [1.82, 2.24) is 19.9 Å². The van der Waals surface area contributed by atoms with E-state index < -0.39 is 0 Å². The summed E-state index contributed by atoms with van der Waals surface area (Å²) in [6, 6.07) is 0.221. The summed E-state index contributed by atoms with van der Waals surface area (Å²) < 4.78 is 5.40. The molecular weight excluding hydrogens is 286 g/mol. The van der Waals surface area contributed by atoms with E-state index in [9.17, 15) is 0 Å². The Labute approximate surface area is 120 Å². The Morgan fingerprint density at radius 2 is 2.16 bits per heavy atom. The van der Waals surface area contributed by atoms with Crippen LogP contribution in [0.5, 0.6) is 6.01 Å². The summed E-state index contributed by atoms with van der Waals surface area (Å²) >= 11 is 7.41. The molecule has 2 heterocycles. The van der Waals surface area contributed by atoms with Gasteiger partial charge in [0.25, 0.3) is 0 Å². The topological polar surface area (TPSA) is 72.8 Å². The molecule has 19 heavy (non-hydrogen) atoms. The van der Waals surface area contributed by atoms with E-state index in [0.29, 0.717) is 12.5 Å². The molecule has 0 aliphatic heterocycles. The fraction of sp³-hybridized carbons (Fsp3) is 0.455. The van der Waals surface area contributed by atoms with Crippen molar-refractivity contribution in [3.63, 3.8) is 0 Å². The van der Waals surface area contributed by atoms with Gasteiger partial charge in [0, 0.05) is 4.88 Å². The number of thiazole rings is 1. The highest BCUT2D eigenvalue weighted by Crippen LogP contribution is 2.16. The second-order valence-electron chi connectivity index (χ2n) is 4.09. The first kappa shape index (κ1) is 14.0.